The van der Waals surface area contributed by atoms with Gasteiger partial charge in [-0.3, -0.25) is 0 Å². The number of hydrogen-bond donors (Lipinski definition) is 2. The Morgan fingerprint density at radius 1 is 1.40 bits per heavy atom. The largest absolute Gasteiger partial charge is 0.365 e. The van der Waals surface area contributed by atoms with Gasteiger partial charge in [-0.25, -0.2) is 9.37 Å². The maximum absolute atomic E-state index is 13.7. The van der Waals surface area contributed by atoms with Crippen molar-refractivity contribution in [1.29, 1.82) is 0 Å². The summed E-state index contributed by atoms with van der Waals surface area (Å²) in [5.41, 5.74) is 0.0231. The van der Waals surface area contributed by atoms with Gasteiger partial charge < -0.3 is 10.6 Å². The maximum Gasteiger partial charge on any atom is 0.224 e. The summed E-state index contributed by atoms with van der Waals surface area (Å²) in [6.45, 7) is 5.39. The van der Waals surface area contributed by atoms with Crippen LogP contribution >= 0.6 is 11.6 Å². The highest BCUT2D eigenvalue weighted by Crippen LogP contribution is 2.22. The Morgan fingerprint density at radius 3 is 3.00 bits per heavy atom. The zero-order valence-corrected chi connectivity index (χ0v) is 12.8. The third kappa shape index (κ3) is 4.56. The van der Waals surface area contributed by atoms with E-state index in [1.54, 1.807) is 0 Å². The van der Waals surface area contributed by atoms with Crippen molar-refractivity contribution in [3.05, 3.63) is 17.3 Å². The molecule has 2 heterocycles. The van der Waals surface area contributed by atoms with Gasteiger partial charge in [0.25, 0.3) is 0 Å². The summed E-state index contributed by atoms with van der Waals surface area (Å²) in [6, 6.07) is 0.177. The van der Waals surface area contributed by atoms with Gasteiger partial charge in [-0.15, -0.1) is 0 Å². The van der Waals surface area contributed by atoms with Crippen LogP contribution in [0.5, 0.6) is 0 Å². The second-order valence-electron chi connectivity index (χ2n) is 6.04. The summed E-state index contributed by atoms with van der Waals surface area (Å²) >= 11 is 5.73. The highest BCUT2D eigenvalue weighted by atomic mass is 35.5. The number of rotatable bonds is 2. The van der Waals surface area contributed by atoms with E-state index in [0.717, 1.165) is 32.0 Å². The third-order valence-corrected chi connectivity index (χ3v) is 3.83. The highest BCUT2D eigenvalue weighted by Gasteiger charge is 2.24. The van der Waals surface area contributed by atoms with Crippen molar-refractivity contribution >= 4 is 17.4 Å². The minimum atomic E-state index is -0.458. The first kappa shape index (κ1) is 15.4. The number of nitrogens with zero attached hydrogens (tertiary/aromatic N) is 2. The molecule has 0 spiro atoms. The van der Waals surface area contributed by atoms with Gasteiger partial charge >= 0.3 is 0 Å². The smallest absolute Gasteiger partial charge is 0.224 e. The fraction of sp³-hybridized carbons (Fsp3) is 0.714. The van der Waals surface area contributed by atoms with E-state index in [9.17, 15) is 4.39 Å². The first-order valence-corrected chi connectivity index (χ1v) is 7.54. The van der Waals surface area contributed by atoms with E-state index in [-0.39, 0.29) is 22.7 Å². The van der Waals surface area contributed by atoms with Gasteiger partial charge in [0, 0.05) is 11.6 Å². The second-order valence-corrected chi connectivity index (χ2v) is 6.38. The van der Waals surface area contributed by atoms with E-state index in [0.29, 0.717) is 0 Å². The minimum absolute atomic E-state index is 0.0231. The molecule has 0 amide bonds. The number of aromatic nitrogens is 2. The second kappa shape index (κ2) is 6.68. The lowest BCUT2D eigenvalue weighted by Crippen LogP contribution is -2.43. The Balaban J connectivity index is 2.09. The van der Waals surface area contributed by atoms with E-state index in [1.165, 1.54) is 12.8 Å². The highest BCUT2D eigenvalue weighted by molar-refractivity contribution is 6.28. The maximum atomic E-state index is 13.7. The van der Waals surface area contributed by atoms with Crippen molar-refractivity contribution in [2.75, 3.05) is 11.9 Å². The molecule has 6 heteroatoms. The molecule has 1 fully saturated rings. The molecule has 2 rings (SSSR count). The molecule has 0 aromatic carbocycles. The van der Waals surface area contributed by atoms with Crippen LogP contribution in [0.3, 0.4) is 0 Å². The summed E-state index contributed by atoms with van der Waals surface area (Å²) in [4.78, 5) is 7.58. The molecule has 1 saturated heterocycles. The van der Waals surface area contributed by atoms with Gasteiger partial charge in [0.2, 0.25) is 5.28 Å². The average molecular weight is 301 g/mol. The van der Waals surface area contributed by atoms with Gasteiger partial charge in [0.05, 0.1) is 6.20 Å². The SMILES string of the molecule is CC1(C)C[C@@H](Nc2nc(Cl)ncc2F)CCCCCN1. The molecule has 0 aliphatic carbocycles. The van der Waals surface area contributed by atoms with E-state index < -0.39 is 5.82 Å². The lowest BCUT2D eigenvalue weighted by atomic mass is 9.93. The molecule has 1 aromatic rings. The molecule has 0 bridgehead atoms. The topological polar surface area (TPSA) is 49.8 Å². The van der Waals surface area contributed by atoms with Crippen LogP contribution in [-0.4, -0.2) is 28.1 Å². The molecule has 20 heavy (non-hydrogen) atoms. The molecule has 2 N–H and O–H groups in total. The molecular formula is C14H22ClFN4. The summed E-state index contributed by atoms with van der Waals surface area (Å²) < 4.78 is 13.7. The Labute approximate surface area is 124 Å². The number of halogens is 2. The van der Waals surface area contributed by atoms with Crippen LogP contribution < -0.4 is 10.6 Å². The van der Waals surface area contributed by atoms with Crippen LogP contribution in [0.15, 0.2) is 6.20 Å². The van der Waals surface area contributed by atoms with Crippen LogP contribution in [-0.2, 0) is 0 Å². The Morgan fingerprint density at radius 2 is 2.20 bits per heavy atom. The molecule has 4 nitrogen and oxygen atoms in total. The van der Waals surface area contributed by atoms with Crippen LogP contribution in [0, 0.1) is 5.82 Å². The standard InChI is InChI=1S/C14H22ClFN4/c1-14(2)8-10(6-4-3-5-7-18-14)19-12-11(16)9-17-13(15)20-12/h9-10,18H,3-8H2,1-2H3,(H,17,19,20)/t10-/m0/s1. The van der Waals surface area contributed by atoms with Crippen LogP contribution in [0.4, 0.5) is 10.2 Å². The fourth-order valence-corrected chi connectivity index (χ4v) is 2.81. The molecule has 112 valence electrons. The number of hydrogen-bond acceptors (Lipinski definition) is 4. The van der Waals surface area contributed by atoms with Crippen molar-refractivity contribution in [1.82, 2.24) is 15.3 Å². The third-order valence-electron chi connectivity index (χ3n) is 3.65. The molecule has 1 atom stereocenters. The predicted molar refractivity (Wildman–Crippen MR) is 79.6 cm³/mol. The minimum Gasteiger partial charge on any atom is -0.365 e. The average Bonchev–Trinajstić information content (AvgIpc) is 2.44. The first-order chi connectivity index (χ1) is 9.46. The Kier molecular flexibility index (Phi) is 5.16. The normalized spacial score (nSPS) is 23.5. The molecule has 0 saturated carbocycles. The molecule has 1 aliphatic heterocycles. The summed E-state index contributed by atoms with van der Waals surface area (Å²) in [5, 5.41) is 6.80. The van der Waals surface area contributed by atoms with Gasteiger partial charge in [0.15, 0.2) is 11.6 Å². The zero-order chi connectivity index (χ0) is 14.6. The first-order valence-electron chi connectivity index (χ1n) is 7.16. The van der Waals surface area contributed by atoms with Crippen LogP contribution in [0.2, 0.25) is 5.28 Å². The van der Waals surface area contributed by atoms with E-state index in [1.807, 2.05) is 0 Å². The number of nitrogens with one attached hydrogen (secondary N) is 2. The molecule has 0 radical (unpaired) electrons. The molecule has 0 unspecified atom stereocenters. The van der Waals surface area contributed by atoms with Gasteiger partial charge in [-0.1, -0.05) is 12.8 Å². The summed E-state index contributed by atoms with van der Waals surface area (Å²) in [7, 11) is 0. The lowest BCUT2D eigenvalue weighted by Gasteiger charge is -2.31. The molecular weight excluding hydrogens is 279 g/mol. The van der Waals surface area contributed by atoms with Crippen molar-refractivity contribution in [2.24, 2.45) is 0 Å². The van der Waals surface area contributed by atoms with E-state index in [4.69, 9.17) is 11.6 Å². The number of anilines is 1. The predicted octanol–water partition coefficient (Wildman–Crippen LogP) is 3.38. The fourth-order valence-electron chi connectivity index (χ4n) is 2.67. The zero-order valence-electron chi connectivity index (χ0n) is 12.0. The van der Waals surface area contributed by atoms with Crippen LogP contribution in [0.1, 0.15) is 46.0 Å². The molecule has 1 aromatic heterocycles. The van der Waals surface area contributed by atoms with Gasteiger partial charge in [0.1, 0.15) is 0 Å². The Hall–Kier alpha value is -0.940. The van der Waals surface area contributed by atoms with Crippen LogP contribution in [0.25, 0.3) is 0 Å². The quantitative estimate of drug-likeness (QED) is 0.822. The van der Waals surface area contributed by atoms with Crippen molar-refractivity contribution in [3.8, 4) is 0 Å². The Bertz CT molecular complexity index is 453. The van der Waals surface area contributed by atoms with Gasteiger partial charge in [-0.2, -0.15) is 4.98 Å². The monoisotopic (exact) mass is 300 g/mol. The van der Waals surface area contributed by atoms with Crippen molar-refractivity contribution in [2.45, 2.75) is 57.5 Å². The van der Waals surface area contributed by atoms with Crippen molar-refractivity contribution in [3.63, 3.8) is 0 Å². The molecule has 1 aliphatic rings. The summed E-state index contributed by atoms with van der Waals surface area (Å²) in [5.74, 6) is -0.259. The lowest BCUT2D eigenvalue weighted by molar-refractivity contribution is 0.344. The van der Waals surface area contributed by atoms with E-state index in [2.05, 4.69) is 34.4 Å². The summed E-state index contributed by atoms with van der Waals surface area (Å²) in [6.07, 6.45) is 6.53. The van der Waals surface area contributed by atoms with Crippen molar-refractivity contribution < 1.29 is 4.39 Å². The van der Waals surface area contributed by atoms with E-state index >= 15 is 0 Å². The van der Waals surface area contributed by atoms with Gasteiger partial charge in [-0.05, 0) is 51.3 Å².